The lowest BCUT2D eigenvalue weighted by atomic mass is 9.78. The van der Waals surface area contributed by atoms with Gasteiger partial charge in [-0.2, -0.15) is 28.1 Å². The molecule has 0 fully saturated rings. The molecule has 0 saturated heterocycles. The Morgan fingerprint density at radius 2 is 1.04 bits per heavy atom. The van der Waals surface area contributed by atoms with Crippen molar-refractivity contribution in [3.63, 3.8) is 0 Å². The van der Waals surface area contributed by atoms with E-state index in [1.165, 1.54) is 38.5 Å². The Morgan fingerprint density at radius 3 is 1.50 bits per heavy atom. The predicted octanol–water partition coefficient (Wildman–Crippen LogP) is 16.3. The van der Waals surface area contributed by atoms with Crippen molar-refractivity contribution in [1.82, 2.24) is 9.89 Å². The summed E-state index contributed by atoms with van der Waals surface area (Å²) in [4.78, 5) is 45.1. The maximum atomic E-state index is 14.9. The Balaban J connectivity index is 1.27. The molecule has 2 unspecified atom stereocenters. The number of allylic oxidation sites excluding steroid dienone is 5. The molecule has 10 heteroatoms. The van der Waals surface area contributed by atoms with Gasteiger partial charge in [0.15, 0.2) is 5.78 Å². The molecule has 410 valence electrons. The monoisotopic (exact) mass is 1080 g/mol. The zero-order chi connectivity index (χ0) is 55.6. The number of rotatable bonds is 28. The van der Waals surface area contributed by atoms with Gasteiger partial charge in [-0.15, -0.1) is 0 Å². The van der Waals surface area contributed by atoms with Gasteiger partial charge in [0, 0.05) is 88.6 Å². The molecule has 2 aliphatic carbocycles. The third-order valence-electron chi connectivity index (χ3n) is 14.9. The second-order valence-electron chi connectivity index (χ2n) is 21.2. The Labute approximate surface area is 474 Å². The van der Waals surface area contributed by atoms with Crippen molar-refractivity contribution < 1.29 is 19.5 Å². The van der Waals surface area contributed by atoms with Gasteiger partial charge < -0.3 is 20.6 Å². The number of carbonyl (C=O) groups is 3. The standard InChI is InChI=1S/C68H82N4O4S2/c1-9-13-17-51(11-3)45-77-41-15-19-63(73)69-61-43-57(71(53-29-21-47(5)22-30-53)54-31-23-48(6)24-32-54)37-39-59(61)65-67(75)66(68(65)76)60-40-38-58(72(55-33-25-49(7)26-34-55)56-35-27-50(8)28-36-56)44-62(60)70-64(74)20-16-42-78-46-52(12-4)18-14-10-2/h21-40,43-44,51-52H,9-20,41-42,45-46H2,1-8H3,(H2,69,70,73,74,75,76). The van der Waals surface area contributed by atoms with E-state index in [1.807, 2.05) is 47.8 Å². The van der Waals surface area contributed by atoms with E-state index in [0.29, 0.717) is 60.0 Å². The molecule has 2 amide bonds. The Hall–Kier alpha value is -6.36. The molecule has 0 saturated carbocycles. The predicted molar refractivity (Wildman–Crippen MR) is 332 cm³/mol. The van der Waals surface area contributed by atoms with Gasteiger partial charge in [-0.3, -0.25) is 14.4 Å². The summed E-state index contributed by atoms with van der Waals surface area (Å²) in [6.07, 6.45) is 17.2. The minimum atomic E-state index is -0.441. The zero-order valence-corrected chi connectivity index (χ0v) is 49.1. The van der Waals surface area contributed by atoms with Gasteiger partial charge >= 0.3 is 0 Å². The van der Waals surface area contributed by atoms with Crippen LogP contribution in [0.5, 0.6) is 0 Å². The van der Waals surface area contributed by atoms with Crippen LogP contribution in [0.25, 0.3) is 5.57 Å². The molecule has 0 bridgehead atoms. The van der Waals surface area contributed by atoms with E-state index in [-0.39, 0.29) is 23.0 Å². The Bertz CT molecular complexity index is 2910. The van der Waals surface area contributed by atoms with Gasteiger partial charge in [-0.25, -0.2) is 0 Å². The summed E-state index contributed by atoms with van der Waals surface area (Å²) >= 11 is 3.82. The number of carbonyl (C=O) groups excluding carboxylic acids is 3. The maximum Gasteiger partial charge on any atom is 0.224 e. The first-order chi connectivity index (χ1) is 37.8. The molecule has 5 aromatic rings. The lowest BCUT2D eigenvalue weighted by Gasteiger charge is -2.34. The quantitative estimate of drug-likeness (QED) is 0.0292. The molecular weight excluding hydrogens is 1000 g/mol. The van der Waals surface area contributed by atoms with E-state index in [9.17, 15) is 19.5 Å². The molecule has 2 atom stereocenters. The minimum Gasteiger partial charge on any atom is -0.871 e. The summed E-state index contributed by atoms with van der Waals surface area (Å²) < 4.78 is 2.12. The van der Waals surface area contributed by atoms with Gasteiger partial charge in [0.05, 0.1) is 11.4 Å². The number of anilines is 4. The molecule has 5 aromatic carbocycles. The van der Waals surface area contributed by atoms with E-state index in [4.69, 9.17) is 0 Å². The normalized spacial score (nSPS) is 14.9. The minimum absolute atomic E-state index is 0.000879. The van der Waals surface area contributed by atoms with Crippen molar-refractivity contribution in [2.75, 3.05) is 33.2 Å². The van der Waals surface area contributed by atoms with E-state index in [2.05, 4.69) is 173 Å². The van der Waals surface area contributed by atoms with Gasteiger partial charge in [0.2, 0.25) is 28.9 Å². The van der Waals surface area contributed by atoms with Crippen molar-refractivity contribution in [1.29, 1.82) is 0 Å². The van der Waals surface area contributed by atoms with E-state index < -0.39 is 11.5 Å². The molecule has 0 spiro atoms. The fourth-order valence-corrected chi connectivity index (χ4v) is 12.4. The highest BCUT2D eigenvalue weighted by Crippen LogP contribution is 2.44. The van der Waals surface area contributed by atoms with Gasteiger partial charge in [0.1, 0.15) is 0 Å². The molecule has 8 nitrogen and oxygen atoms in total. The topological polar surface area (TPSA) is 105 Å². The third kappa shape index (κ3) is 15.9. The molecule has 0 aliphatic heterocycles. The Morgan fingerprint density at radius 1 is 0.577 bits per heavy atom. The highest BCUT2D eigenvalue weighted by atomic mass is 32.2. The van der Waals surface area contributed by atoms with E-state index in [1.54, 1.807) is 12.1 Å². The van der Waals surface area contributed by atoms with Crippen LogP contribution in [0.3, 0.4) is 0 Å². The third-order valence-corrected chi connectivity index (χ3v) is 17.4. The number of amides is 2. The fraction of sp³-hybridized carbons (Fsp3) is 0.382. The highest BCUT2D eigenvalue weighted by Gasteiger charge is 2.35. The molecular formula is C68H82N4O4S2. The molecule has 2 N–H and O–H groups in total. The number of ketones is 1. The molecule has 2 aliphatic rings. The van der Waals surface area contributed by atoms with Gasteiger partial charge in [0.25, 0.3) is 0 Å². The second kappa shape index (κ2) is 29.6. The van der Waals surface area contributed by atoms with Crippen LogP contribution in [0.2, 0.25) is 0 Å². The number of Topliss-reactive ketones (excluding diaryl/α,β-unsaturated/α-hetero) is 1. The van der Waals surface area contributed by atoms with Crippen molar-refractivity contribution in [3.8, 4) is 0 Å². The number of nitrogens with one attached hydrogen (secondary N) is 2. The summed E-state index contributed by atoms with van der Waals surface area (Å²) in [6, 6.07) is 38.7. The van der Waals surface area contributed by atoms with Crippen LogP contribution in [0.4, 0.5) is 34.1 Å². The number of hydrogen-bond donors (Lipinski definition) is 2. The molecule has 0 heterocycles. The van der Waals surface area contributed by atoms with Gasteiger partial charge in [-0.05, 0) is 131 Å². The van der Waals surface area contributed by atoms with Crippen LogP contribution in [-0.4, -0.2) is 46.3 Å². The number of aryl methyl sites for hydroxylation is 4. The first kappa shape index (κ1) is 59.3. The second-order valence-corrected chi connectivity index (χ2v) is 23.5. The average molecular weight is 1080 g/mol. The molecule has 78 heavy (non-hydrogen) atoms. The Kier molecular flexibility index (Phi) is 22.5. The summed E-state index contributed by atoms with van der Waals surface area (Å²) in [5.74, 6) is 4.03. The molecule has 7 rings (SSSR count). The van der Waals surface area contributed by atoms with Crippen molar-refractivity contribution in [3.05, 3.63) is 184 Å². The zero-order valence-electron chi connectivity index (χ0n) is 47.5. The van der Waals surface area contributed by atoms with Crippen LogP contribution >= 0.6 is 23.5 Å². The fourth-order valence-electron chi connectivity index (χ4n) is 9.93. The first-order valence-electron chi connectivity index (χ1n) is 28.6. The summed E-state index contributed by atoms with van der Waals surface area (Å²) in [7, 11) is 0. The molecule has 0 radical (unpaired) electrons. The van der Waals surface area contributed by atoms with Crippen molar-refractivity contribution in [2.45, 2.75) is 132 Å². The number of benzene rings is 5. The smallest absolute Gasteiger partial charge is 0.224 e. The molecule has 0 aromatic heterocycles. The lowest BCUT2D eigenvalue weighted by Crippen LogP contribution is -2.34. The maximum absolute atomic E-state index is 14.9. The first-order valence-corrected chi connectivity index (χ1v) is 30.9. The van der Waals surface area contributed by atoms with Crippen LogP contribution in [0, 0.1) is 39.5 Å². The van der Waals surface area contributed by atoms with E-state index in [0.717, 1.165) is 92.3 Å². The van der Waals surface area contributed by atoms with Gasteiger partial charge in [-0.1, -0.05) is 149 Å². The number of hydrogen-bond acceptors (Lipinski definition) is 7. The van der Waals surface area contributed by atoms with Crippen LogP contribution in [0.1, 0.15) is 133 Å². The van der Waals surface area contributed by atoms with Crippen LogP contribution in [-0.2, 0) is 14.4 Å². The van der Waals surface area contributed by atoms with Crippen LogP contribution in [0.15, 0.2) is 156 Å². The summed E-state index contributed by atoms with van der Waals surface area (Å²) in [5, 5.41) is 21.3. The summed E-state index contributed by atoms with van der Waals surface area (Å²) in [6.45, 7) is 17.2. The SMILES string of the molecule is CCCCC(CC)CSCCCC(=O)NC1=CC(=[N+](c2ccc(C)cc2)c2ccc(C)cc2)C=CC1=C1C(=O)C(c2ccc(N(c3ccc(C)cc3)c3ccc(C)cc3)cc2NC(=O)CCCSCC(CC)CCCC)=C1[O-]. The van der Waals surface area contributed by atoms with Crippen molar-refractivity contribution >= 4 is 86.5 Å². The van der Waals surface area contributed by atoms with Crippen molar-refractivity contribution in [2.24, 2.45) is 11.8 Å². The van der Waals surface area contributed by atoms with E-state index >= 15 is 0 Å². The lowest BCUT2D eigenvalue weighted by molar-refractivity contribution is -0.297. The number of thioether (sulfide) groups is 2. The highest BCUT2D eigenvalue weighted by molar-refractivity contribution is 7.99. The summed E-state index contributed by atoms with van der Waals surface area (Å²) in [5.41, 5.74) is 11.2. The number of unbranched alkanes of at least 4 members (excludes halogenated alkanes) is 2. The average Bonchev–Trinajstić information content (AvgIpc) is 3.56. The van der Waals surface area contributed by atoms with Crippen LogP contribution < -0.4 is 25.2 Å². The largest absolute Gasteiger partial charge is 0.871 e. The number of nitrogens with zero attached hydrogens (tertiary/aromatic N) is 2.